The highest BCUT2D eigenvalue weighted by molar-refractivity contribution is 8.00. The molecule has 2 atom stereocenters. The number of alkyl halides is 1. The van der Waals surface area contributed by atoms with Gasteiger partial charge in [0, 0.05) is 22.9 Å². The molecular weight excluding hydrogens is 513 g/mol. The number of benzene rings is 1. The zero-order valence-electron chi connectivity index (χ0n) is 21.9. The van der Waals surface area contributed by atoms with Crippen LogP contribution in [0.2, 0.25) is 5.02 Å². The van der Waals surface area contributed by atoms with Crippen molar-refractivity contribution >= 4 is 41.1 Å². The topological polar surface area (TPSA) is 78.5 Å². The quantitative estimate of drug-likeness (QED) is 0.428. The van der Waals surface area contributed by atoms with Crippen molar-refractivity contribution in [3.8, 4) is 0 Å². The van der Waals surface area contributed by atoms with Gasteiger partial charge in [0.25, 0.3) is 5.91 Å². The van der Waals surface area contributed by atoms with Gasteiger partial charge in [-0.2, -0.15) is 11.8 Å². The summed E-state index contributed by atoms with van der Waals surface area (Å²) in [5.41, 5.74) is -0.958. The third-order valence-electron chi connectivity index (χ3n) is 7.95. The van der Waals surface area contributed by atoms with Crippen molar-refractivity contribution in [1.29, 1.82) is 0 Å². The Morgan fingerprint density at radius 2 is 1.78 bits per heavy atom. The van der Waals surface area contributed by atoms with E-state index in [1.165, 1.54) is 32.1 Å². The second kappa shape index (κ2) is 11.9. The molecule has 3 aliphatic rings. The predicted octanol–water partition coefficient (Wildman–Crippen LogP) is 5.03. The molecule has 37 heavy (non-hydrogen) atoms. The normalized spacial score (nSPS) is 22.4. The van der Waals surface area contributed by atoms with Gasteiger partial charge in [-0.05, 0) is 81.7 Å². The van der Waals surface area contributed by atoms with Crippen molar-refractivity contribution in [2.75, 3.05) is 12.3 Å². The number of thioether (sulfide) groups is 1. The highest BCUT2D eigenvalue weighted by atomic mass is 35.5. The number of likely N-dealkylation sites (tertiary alicyclic amines) is 1. The maximum Gasteiger partial charge on any atom is 0.258 e. The van der Waals surface area contributed by atoms with Crippen molar-refractivity contribution in [1.82, 2.24) is 15.5 Å². The lowest BCUT2D eigenvalue weighted by Crippen LogP contribution is -2.61. The molecular formula is C28H39ClFN3O3S. The predicted molar refractivity (Wildman–Crippen MR) is 146 cm³/mol. The van der Waals surface area contributed by atoms with E-state index >= 15 is 0 Å². The van der Waals surface area contributed by atoms with Gasteiger partial charge in [-0.1, -0.05) is 43.0 Å². The second-order valence-electron chi connectivity index (χ2n) is 11.3. The Kier molecular flexibility index (Phi) is 9.10. The molecule has 1 aliphatic heterocycles. The maximum absolute atomic E-state index is 14.6. The smallest absolute Gasteiger partial charge is 0.258 e. The van der Waals surface area contributed by atoms with Crippen LogP contribution in [-0.4, -0.2) is 57.4 Å². The van der Waals surface area contributed by atoms with Crippen LogP contribution in [-0.2, 0) is 20.9 Å². The Morgan fingerprint density at radius 3 is 2.43 bits per heavy atom. The first kappa shape index (κ1) is 28.2. The van der Waals surface area contributed by atoms with E-state index < -0.39 is 28.4 Å². The van der Waals surface area contributed by atoms with Crippen molar-refractivity contribution in [3.63, 3.8) is 0 Å². The van der Waals surface area contributed by atoms with Crippen LogP contribution in [0, 0.1) is 5.92 Å². The van der Waals surface area contributed by atoms with Crippen LogP contribution < -0.4 is 10.6 Å². The van der Waals surface area contributed by atoms with Crippen molar-refractivity contribution in [2.24, 2.45) is 5.92 Å². The second-order valence-corrected chi connectivity index (χ2v) is 13.4. The van der Waals surface area contributed by atoms with Crippen LogP contribution in [0.1, 0.15) is 77.2 Å². The first-order valence-corrected chi connectivity index (χ1v) is 14.9. The summed E-state index contributed by atoms with van der Waals surface area (Å²) in [6.07, 6.45) is 7.74. The molecule has 0 radical (unpaired) electrons. The lowest BCUT2D eigenvalue weighted by atomic mass is 9.91. The molecule has 2 saturated carbocycles. The number of carbonyl (C=O) groups excluding carboxylic acids is 3. The van der Waals surface area contributed by atoms with Crippen molar-refractivity contribution in [3.05, 3.63) is 34.9 Å². The molecule has 2 aliphatic carbocycles. The van der Waals surface area contributed by atoms with Gasteiger partial charge >= 0.3 is 0 Å². The lowest BCUT2D eigenvalue weighted by molar-refractivity contribution is -0.143. The Hall–Kier alpha value is -1.80. The molecule has 4 rings (SSSR count). The maximum atomic E-state index is 14.6. The van der Waals surface area contributed by atoms with E-state index in [4.69, 9.17) is 11.6 Å². The molecule has 9 heteroatoms. The average molecular weight is 552 g/mol. The molecule has 204 valence electrons. The average Bonchev–Trinajstić information content (AvgIpc) is 3.45. The summed E-state index contributed by atoms with van der Waals surface area (Å²) in [5.74, 6) is 0.266. The van der Waals surface area contributed by atoms with Gasteiger partial charge in [0.15, 0.2) is 5.67 Å². The number of hydrogen-bond donors (Lipinski definition) is 2. The minimum atomic E-state index is -1.87. The molecule has 0 bridgehead atoms. The van der Waals surface area contributed by atoms with Crippen LogP contribution in [0.15, 0.2) is 24.3 Å². The van der Waals surface area contributed by atoms with Gasteiger partial charge < -0.3 is 15.5 Å². The summed E-state index contributed by atoms with van der Waals surface area (Å²) in [4.78, 5) is 41.4. The van der Waals surface area contributed by atoms with E-state index in [9.17, 15) is 18.8 Å². The molecule has 6 nitrogen and oxygen atoms in total. The number of nitrogens with one attached hydrogen (secondary N) is 2. The molecule has 3 amide bonds. The first-order chi connectivity index (χ1) is 17.6. The zero-order valence-corrected chi connectivity index (χ0v) is 23.4. The van der Waals surface area contributed by atoms with Gasteiger partial charge in [-0.3, -0.25) is 14.4 Å². The van der Waals surface area contributed by atoms with E-state index in [0.717, 1.165) is 11.3 Å². The summed E-state index contributed by atoms with van der Waals surface area (Å²) in [7, 11) is 0. The molecule has 3 fully saturated rings. The van der Waals surface area contributed by atoms with Crippen LogP contribution in [0.25, 0.3) is 0 Å². The van der Waals surface area contributed by atoms with E-state index in [1.807, 2.05) is 26.0 Å². The fraction of sp³-hybridized carbons (Fsp3) is 0.679. The molecule has 1 aromatic carbocycles. The molecule has 2 unspecified atom stereocenters. The Balaban J connectivity index is 1.44. The first-order valence-electron chi connectivity index (χ1n) is 13.6. The number of carbonyl (C=O) groups is 3. The molecule has 2 N–H and O–H groups in total. The minimum absolute atomic E-state index is 0.189. The highest BCUT2D eigenvalue weighted by Crippen LogP contribution is 2.41. The summed E-state index contributed by atoms with van der Waals surface area (Å²) < 4.78 is 14.0. The number of hydrogen-bond acceptors (Lipinski definition) is 4. The Labute approximate surface area is 228 Å². The van der Waals surface area contributed by atoms with Crippen molar-refractivity contribution < 1.29 is 18.8 Å². The van der Waals surface area contributed by atoms with Gasteiger partial charge in [0.05, 0.1) is 0 Å². The van der Waals surface area contributed by atoms with Crippen molar-refractivity contribution in [2.45, 2.75) is 101 Å². The fourth-order valence-corrected chi connectivity index (χ4v) is 6.73. The summed E-state index contributed by atoms with van der Waals surface area (Å²) in [6.45, 7) is 4.68. The van der Waals surface area contributed by atoms with Crippen LogP contribution in [0.4, 0.5) is 4.39 Å². The molecule has 0 aromatic heterocycles. The van der Waals surface area contributed by atoms with Crippen LogP contribution >= 0.6 is 23.4 Å². The third kappa shape index (κ3) is 7.20. The standard InChI is InChI=1S/C28H39ClFN3O3S/c1-27(2,37-18-20-7-4-3-5-8-20)23(32-26(36)28(30)14-15-28)25(35)33-16-6-9-22(33)24(34)31-17-19-10-12-21(29)13-11-19/h10-13,20,22-23H,3-9,14-18H2,1-2H3,(H,31,34)(H,32,36). The van der Waals surface area contributed by atoms with Gasteiger partial charge in [0.2, 0.25) is 11.8 Å². The summed E-state index contributed by atoms with van der Waals surface area (Å²) in [5, 5.41) is 6.34. The van der Waals surface area contributed by atoms with Gasteiger partial charge in [-0.15, -0.1) is 0 Å². The molecule has 1 aromatic rings. The number of nitrogens with zero attached hydrogens (tertiary/aromatic N) is 1. The fourth-order valence-electron chi connectivity index (χ4n) is 5.28. The summed E-state index contributed by atoms with van der Waals surface area (Å²) >= 11 is 7.62. The summed E-state index contributed by atoms with van der Waals surface area (Å²) in [6, 6.07) is 5.72. The number of rotatable bonds is 10. The third-order valence-corrected chi connectivity index (χ3v) is 9.82. The van der Waals surface area contributed by atoms with Crippen LogP contribution in [0.3, 0.4) is 0 Å². The van der Waals surface area contributed by atoms with E-state index in [0.29, 0.717) is 36.9 Å². The molecule has 1 saturated heterocycles. The molecule has 0 spiro atoms. The van der Waals surface area contributed by atoms with Gasteiger partial charge in [0.1, 0.15) is 12.1 Å². The molecule has 1 heterocycles. The van der Waals surface area contributed by atoms with E-state index in [-0.39, 0.29) is 24.7 Å². The number of halogens is 2. The van der Waals surface area contributed by atoms with E-state index in [1.54, 1.807) is 28.8 Å². The van der Waals surface area contributed by atoms with Gasteiger partial charge in [-0.25, -0.2) is 4.39 Å². The highest BCUT2D eigenvalue weighted by Gasteiger charge is 2.53. The lowest BCUT2D eigenvalue weighted by Gasteiger charge is -2.38. The Morgan fingerprint density at radius 1 is 1.11 bits per heavy atom. The zero-order chi connectivity index (χ0) is 26.6. The van der Waals surface area contributed by atoms with E-state index in [2.05, 4.69) is 10.6 Å². The van der Waals surface area contributed by atoms with Crippen LogP contribution in [0.5, 0.6) is 0 Å². The number of amides is 3. The Bertz CT molecular complexity index is 979. The largest absolute Gasteiger partial charge is 0.350 e. The SMILES string of the molecule is CC(C)(SCC1CCCCC1)C(NC(=O)C1(F)CC1)C(=O)N1CCCC1C(=O)NCc1ccc(Cl)cc1. The minimum Gasteiger partial charge on any atom is -0.350 e. The monoisotopic (exact) mass is 551 g/mol.